The molecule has 2 rings (SSSR count). The number of anilines is 2. The molecule has 1 aliphatic rings. The van der Waals surface area contributed by atoms with Crippen LogP contribution >= 0.6 is 0 Å². The van der Waals surface area contributed by atoms with Crippen molar-refractivity contribution in [1.82, 2.24) is 4.98 Å². The van der Waals surface area contributed by atoms with Gasteiger partial charge in [-0.05, 0) is 19.1 Å². The molecule has 1 fully saturated rings. The summed E-state index contributed by atoms with van der Waals surface area (Å²) in [5.41, 5.74) is 7.12. The first-order valence-corrected chi connectivity index (χ1v) is 4.79. The summed E-state index contributed by atoms with van der Waals surface area (Å²) in [6.45, 7) is 2.13. The molecule has 0 bridgehead atoms. The van der Waals surface area contributed by atoms with E-state index in [1.165, 1.54) is 4.90 Å². The number of nitrogens with zero attached hydrogens (tertiary/aromatic N) is 2. The molecule has 1 saturated heterocycles. The highest BCUT2D eigenvalue weighted by molar-refractivity contribution is 5.98. The minimum absolute atomic E-state index is 0.111. The molecule has 5 nitrogen and oxygen atoms in total. The SMILES string of the molecule is Cc1ccc(N2CC(O)CC2=O)c(N)n1. The number of aromatic nitrogens is 1. The molecule has 1 aromatic rings. The van der Waals surface area contributed by atoms with Crippen molar-refractivity contribution in [3.8, 4) is 0 Å². The molecule has 0 spiro atoms. The maximum Gasteiger partial charge on any atom is 0.229 e. The molecular formula is C10H13N3O2. The molecule has 80 valence electrons. The van der Waals surface area contributed by atoms with Crippen LogP contribution in [0.3, 0.4) is 0 Å². The number of pyridine rings is 1. The largest absolute Gasteiger partial charge is 0.391 e. The maximum absolute atomic E-state index is 11.5. The Balaban J connectivity index is 2.34. The summed E-state index contributed by atoms with van der Waals surface area (Å²) in [6.07, 6.45) is -0.439. The summed E-state index contributed by atoms with van der Waals surface area (Å²) in [5, 5.41) is 9.35. The number of aryl methyl sites for hydroxylation is 1. The van der Waals surface area contributed by atoms with Crippen molar-refractivity contribution in [2.75, 3.05) is 17.2 Å². The van der Waals surface area contributed by atoms with Crippen molar-refractivity contribution >= 4 is 17.4 Å². The number of carbonyl (C=O) groups excluding carboxylic acids is 1. The van der Waals surface area contributed by atoms with E-state index in [9.17, 15) is 9.90 Å². The van der Waals surface area contributed by atoms with Crippen molar-refractivity contribution in [1.29, 1.82) is 0 Å². The second kappa shape index (κ2) is 3.51. The van der Waals surface area contributed by atoms with Gasteiger partial charge in [-0.15, -0.1) is 0 Å². The van der Waals surface area contributed by atoms with Crippen LogP contribution in [0.2, 0.25) is 0 Å². The van der Waals surface area contributed by atoms with E-state index >= 15 is 0 Å². The smallest absolute Gasteiger partial charge is 0.229 e. The standard InChI is InChI=1S/C10H13N3O2/c1-6-2-3-8(10(11)12-6)13-5-7(14)4-9(13)15/h2-3,7,14H,4-5H2,1H3,(H2,11,12). The third-order valence-corrected chi connectivity index (χ3v) is 2.44. The number of amides is 1. The number of aliphatic hydroxyl groups is 1. The van der Waals surface area contributed by atoms with Crippen LogP contribution in [-0.4, -0.2) is 28.6 Å². The van der Waals surface area contributed by atoms with Crippen molar-refractivity contribution < 1.29 is 9.90 Å². The first kappa shape index (κ1) is 9.92. The highest BCUT2D eigenvalue weighted by atomic mass is 16.3. The molecule has 3 N–H and O–H groups in total. The number of nitrogens with two attached hydrogens (primary N) is 1. The lowest BCUT2D eigenvalue weighted by Crippen LogP contribution is -2.26. The topological polar surface area (TPSA) is 79.5 Å². The second-order valence-electron chi connectivity index (χ2n) is 3.72. The minimum atomic E-state index is -0.599. The van der Waals surface area contributed by atoms with Gasteiger partial charge in [-0.2, -0.15) is 0 Å². The first-order chi connectivity index (χ1) is 7.08. The zero-order chi connectivity index (χ0) is 11.0. The molecule has 0 aromatic carbocycles. The first-order valence-electron chi connectivity index (χ1n) is 4.79. The molecule has 15 heavy (non-hydrogen) atoms. The Morgan fingerprint density at radius 2 is 2.33 bits per heavy atom. The summed E-state index contributed by atoms with van der Waals surface area (Å²) in [6, 6.07) is 3.55. The molecule has 0 radical (unpaired) electrons. The Morgan fingerprint density at radius 1 is 1.60 bits per heavy atom. The molecule has 1 amide bonds. The Bertz CT molecular complexity index is 406. The lowest BCUT2D eigenvalue weighted by molar-refractivity contribution is -0.117. The minimum Gasteiger partial charge on any atom is -0.391 e. The quantitative estimate of drug-likeness (QED) is 0.683. The third kappa shape index (κ3) is 1.78. The van der Waals surface area contributed by atoms with Crippen molar-refractivity contribution in [2.24, 2.45) is 0 Å². The molecule has 1 aliphatic heterocycles. The Hall–Kier alpha value is -1.62. The number of rotatable bonds is 1. The van der Waals surface area contributed by atoms with E-state index in [0.29, 0.717) is 18.1 Å². The molecule has 2 heterocycles. The van der Waals surface area contributed by atoms with Crippen LogP contribution in [-0.2, 0) is 4.79 Å². The predicted octanol–water partition coefficient (Wildman–Crippen LogP) is 0.0698. The highest BCUT2D eigenvalue weighted by Crippen LogP contribution is 2.26. The molecule has 1 aromatic heterocycles. The number of β-amino-alcohol motifs (C(OH)–C–C–N with tert-alkyl or cyclic N) is 1. The normalized spacial score (nSPS) is 21.1. The molecule has 0 saturated carbocycles. The van der Waals surface area contributed by atoms with E-state index < -0.39 is 6.10 Å². The summed E-state index contributed by atoms with van der Waals surface area (Å²) >= 11 is 0. The monoisotopic (exact) mass is 207 g/mol. The van der Waals surface area contributed by atoms with Gasteiger partial charge in [-0.25, -0.2) is 4.98 Å². The van der Waals surface area contributed by atoms with Crippen LogP contribution < -0.4 is 10.6 Å². The average molecular weight is 207 g/mol. The zero-order valence-electron chi connectivity index (χ0n) is 8.47. The predicted molar refractivity (Wildman–Crippen MR) is 56.4 cm³/mol. The Labute approximate surface area is 87.5 Å². The van der Waals surface area contributed by atoms with Crippen LogP contribution in [0.5, 0.6) is 0 Å². The van der Waals surface area contributed by atoms with Gasteiger partial charge in [0.15, 0.2) is 0 Å². The maximum atomic E-state index is 11.5. The molecule has 1 unspecified atom stereocenters. The average Bonchev–Trinajstić information content (AvgIpc) is 2.45. The fourth-order valence-corrected chi connectivity index (χ4v) is 1.72. The third-order valence-electron chi connectivity index (χ3n) is 2.44. The van der Waals surface area contributed by atoms with E-state index in [0.717, 1.165) is 5.69 Å². The van der Waals surface area contributed by atoms with Crippen molar-refractivity contribution in [3.05, 3.63) is 17.8 Å². The summed E-state index contributed by atoms with van der Waals surface area (Å²) in [7, 11) is 0. The summed E-state index contributed by atoms with van der Waals surface area (Å²) in [5.74, 6) is 0.220. The number of hydrogen-bond donors (Lipinski definition) is 2. The van der Waals surface area contributed by atoms with Gasteiger partial charge in [0, 0.05) is 5.69 Å². The molecule has 1 atom stereocenters. The fourth-order valence-electron chi connectivity index (χ4n) is 1.72. The number of nitrogen functional groups attached to an aromatic ring is 1. The van der Waals surface area contributed by atoms with Gasteiger partial charge in [0.1, 0.15) is 5.82 Å². The van der Waals surface area contributed by atoms with E-state index in [2.05, 4.69) is 4.98 Å². The van der Waals surface area contributed by atoms with Gasteiger partial charge in [0.05, 0.1) is 24.8 Å². The van der Waals surface area contributed by atoms with Gasteiger partial charge in [-0.1, -0.05) is 0 Å². The van der Waals surface area contributed by atoms with Crippen LogP contribution in [0.4, 0.5) is 11.5 Å². The van der Waals surface area contributed by atoms with Crippen LogP contribution in [0.15, 0.2) is 12.1 Å². The lowest BCUT2D eigenvalue weighted by atomic mass is 10.3. The molecule has 5 heteroatoms. The van der Waals surface area contributed by atoms with E-state index in [4.69, 9.17) is 5.73 Å². The number of aliphatic hydroxyl groups excluding tert-OH is 1. The summed E-state index contributed by atoms with van der Waals surface area (Å²) in [4.78, 5) is 17.1. The van der Waals surface area contributed by atoms with E-state index in [1.54, 1.807) is 12.1 Å². The zero-order valence-corrected chi connectivity index (χ0v) is 8.47. The number of carbonyl (C=O) groups is 1. The van der Waals surface area contributed by atoms with E-state index in [1.807, 2.05) is 6.92 Å². The molecular weight excluding hydrogens is 194 g/mol. The van der Waals surface area contributed by atoms with Crippen molar-refractivity contribution in [3.63, 3.8) is 0 Å². The van der Waals surface area contributed by atoms with Gasteiger partial charge in [0.2, 0.25) is 5.91 Å². The van der Waals surface area contributed by atoms with Gasteiger partial charge in [-0.3, -0.25) is 4.79 Å². The van der Waals surface area contributed by atoms with Crippen molar-refractivity contribution in [2.45, 2.75) is 19.4 Å². The van der Waals surface area contributed by atoms with Gasteiger partial charge < -0.3 is 15.7 Å². The lowest BCUT2D eigenvalue weighted by Gasteiger charge is -2.17. The fraction of sp³-hybridized carbons (Fsp3) is 0.400. The van der Waals surface area contributed by atoms with Crippen LogP contribution in [0.1, 0.15) is 12.1 Å². The van der Waals surface area contributed by atoms with Gasteiger partial charge in [0.25, 0.3) is 0 Å². The Kier molecular flexibility index (Phi) is 2.32. The van der Waals surface area contributed by atoms with E-state index in [-0.39, 0.29) is 12.3 Å². The molecule has 0 aliphatic carbocycles. The second-order valence-corrected chi connectivity index (χ2v) is 3.72. The summed E-state index contributed by atoms with van der Waals surface area (Å²) < 4.78 is 0. The Morgan fingerprint density at radius 3 is 2.87 bits per heavy atom. The highest BCUT2D eigenvalue weighted by Gasteiger charge is 2.30. The van der Waals surface area contributed by atoms with Crippen LogP contribution in [0, 0.1) is 6.92 Å². The number of hydrogen-bond acceptors (Lipinski definition) is 4. The van der Waals surface area contributed by atoms with Crippen LogP contribution in [0.25, 0.3) is 0 Å². The van der Waals surface area contributed by atoms with Gasteiger partial charge >= 0.3 is 0 Å².